The summed E-state index contributed by atoms with van der Waals surface area (Å²) >= 11 is 0. The van der Waals surface area contributed by atoms with E-state index in [9.17, 15) is 0 Å². The molecule has 4 nitrogen and oxygen atoms in total. The van der Waals surface area contributed by atoms with Crippen molar-refractivity contribution in [2.45, 2.75) is 32.9 Å². The molecule has 1 aliphatic rings. The van der Waals surface area contributed by atoms with Gasteiger partial charge in [-0.3, -0.25) is 10.00 Å². The summed E-state index contributed by atoms with van der Waals surface area (Å²) in [5.74, 6) is 1.03. The molecule has 0 amide bonds. The summed E-state index contributed by atoms with van der Waals surface area (Å²) in [5, 5.41) is 7.46. The van der Waals surface area contributed by atoms with E-state index in [2.05, 4.69) is 72.4 Å². The van der Waals surface area contributed by atoms with Crippen LogP contribution in [0.15, 0.2) is 48.7 Å². The summed E-state index contributed by atoms with van der Waals surface area (Å²) < 4.78 is 6.08. The lowest BCUT2D eigenvalue weighted by Crippen LogP contribution is -2.31. The summed E-state index contributed by atoms with van der Waals surface area (Å²) in [7, 11) is 2.14. The van der Waals surface area contributed by atoms with Gasteiger partial charge in [-0.1, -0.05) is 30.3 Å². The molecule has 4 heteroatoms. The van der Waals surface area contributed by atoms with Crippen LogP contribution in [-0.2, 0) is 13.0 Å². The molecule has 0 aliphatic carbocycles. The zero-order chi connectivity index (χ0) is 18.1. The Morgan fingerprint density at radius 3 is 2.81 bits per heavy atom. The van der Waals surface area contributed by atoms with Gasteiger partial charge in [-0.2, -0.15) is 5.10 Å². The third-order valence-corrected chi connectivity index (χ3v) is 5.18. The highest BCUT2D eigenvalue weighted by molar-refractivity contribution is 5.64. The SMILES string of the molecule is Cc1ccc(-c2[nH]ncc2CN(C)C[C@@H]2Cc3ccccc3O2)cc1C. The summed E-state index contributed by atoms with van der Waals surface area (Å²) in [6.45, 7) is 6.03. The first kappa shape index (κ1) is 16.9. The fourth-order valence-corrected chi connectivity index (χ4v) is 3.64. The highest BCUT2D eigenvalue weighted by atomic mass is 16.5. The quantitative estimate of drug-likeness (QED) is 0.754. The van der Waals surface area contributed by atoms with E-state index in [-0.39, 0.29) is 6.10 Å². The van der Waals surface area contributed by atoms with Crippen LogP contribution in [0.3, 0.4) is 0 Å². The van der Waals surface area contributed by atoms with Crippen molar-refractivity contribution < 1.29 is 4.74 Å². The average Bonchev–Trinajstić information content (AvgIpc) is 3.23. The molecule has 3 aromatic rings. The number of ether oxygens (including phenoxy) is 1. The summed E-state index contributed by atoms with van der Waals surface area (Å²) in [4.78, 5) is 2.31. The number of rotatable bonds is 5. The maximum atomic E-state index is 6.08. The standard InChI is InChI=1S/C22H25N3O/c1-15-8-9-18(10-16(15)2)22-19(12-23-24-22)13-25(3)14-20-11-17-6-4-5-7-21(17)26-20/h4-10,12,20H,11,13-14H2,1-3H3,(H,23,24)/t20-/m0/s1. The number of aromatic amines is 1. The average molecular weight is 347 g/mol. The monoisotopic (exact) mass is 347 g/mol. The number of H-pyrrole nitrogens is 1. The van der Waals surface area contributed by atoms with E-state index in [0.717, 1.165) is 31.0 Å². The van der Waals surface area contributed by atoms with Crippen LogP contribution in [0.5, 0.6) is 5.75 Å². The summed E-state index contributed by atoms with van der Waals surface area (Å²) in [6.07, 6.45) is 3.13. The van der Waals surface area contributed by atoms with Gasteiger partial charge in [0.25, 0.3) is 0 Å². The number of aryl methyl sites for hydroxylation is 2. The number of likely N-dealkylation sites (N-methyl/N-ethyl adjacent to an activating group) is 1. The predicted octanol–water partition coefficient (Wildman–Crippen LogP) is 4.13. The van der Waals surface area contributed by atoms with Crippen LogP contribution in [0.1, 0.15) is 22.3 Å². The Labute approximate surface area is 154 Å². The lowest BCUT2D eigenvalue weighted by molar-refractivity contribution is 0.165. The number of hydrogen-bond acceptors (Lipinski definition) is 3. The maximum Gasteiger partial charge on any atom is 0.123 e. The lowest BCUT2D eigenvalue weighted by Gasteiger charge is -2.21. The molecule has 0 radical (unpaired) electrons. The van der Waals surface area contributed by atoms with Crippen molar-refractivity contribution in [2.24, 2.45) is 0 Å². The predicted molar refractivity (Wildman–Crippen MR) is 104 cm³/mol. The van der Waals surface area contributed by atoms with Gasteiger partial charge in [0.05, 0.1) is 11.9 Å². The number of nitrogens with zero attached hydrogens (tertiary/aromatic N) is 2. The second kappa shape index (κ2) is 6.96. The Bertz CT molecular complexity index is 890. The van der Waals surface area contributed by atoms with Crippen molar-refractivity contribution in [1.29, 1.82) is 0 Å². The van der Waals surface area contributed by atoms with Crippen molar-refractivity contribution in [3.63, 3.8) is 0 Å². The van der Waals surface area contributed by atoms with Gasteiger partial charge in [0.1, 0.15) is 11.9 Å². The number of fused-ring (bicyclic) bond motifs is 1. The second-order valence-electron chi connectivity index (χ2n) is 7.32. The van der Waals surface area contributed by atoms with Crippen molar-refractivity contribution in [2.75, 3.05) is 13.6 Å². The maximum absolute atomic E-state index is 6.08. The zero-order valence-electron chi connectivity index (χ0n) is 15.6. The van der Waals surface area contributed by atoms with Gasteiger partial charge < -0.3 is 4.74 Å². The minimum absolute atomic E-state index is 0.217. The normalized spacial score (nSPS) is 15.9. The highest BCUT2D eigenvalue weighted by Gasteiger charge is 2.24. The molecule has 2 aromatic carbocycles. The number of aromatic nitrogens is 2. The lowest BCUT2D eigenvalue weighted by atomic mass is 10.0. The molecule has 26 heavy (non-hydrogen) atoms. The molecule has 1 atom stereocenters. The number of hydrogen-bond donors (Lipinski definition) is 1. The van der Waals surface area contributed by atoms with E-state index in [1.807, 2.05) is 12.3 Å². The van der Waals surface area contributed by atoms with E-state index in [4.69, 9.17) is 4.74 Å². The first-order valence-corrected chi connectivity index (χ1v) is 9.13. The summed E-state index contributed by atoms with van der Waals surface area (Å²) in [6, 6.07) is 14.9. The van der Waals surface area contributed by atoms with E-state index < -0.39 is 0 Å². The van der Waals surface area contributed by atoms with Crippen LogP contribution in [0.25, 0.3) is 11.3 Å². The third kappa shape index (κ3) is 3.37. The van der Waals surface area contributed by atoms with Crippen LogP contribution < -0.4 is 4.74 Å². The van der Waals surface area contributed by atoms with Crippen LogP contribution in [0.4, 0.5) is 0 Å². The largest absolute Gasteiger partial charge is 0.488 e. The first-order chi connectivity index (χ1) is 12.6. The van der Waals surface area contributed by atoms with Gasteiger partial charge >= 0.3 is 0 Å². The fourth-order valence-electron chi connectivity index (χ4n) is 3.64. The third-order valence-electron chi connectivity index (χ3n) is 5.18. The molecule has 4 rings (SSSR count). The molecule has 0 unspecified atom stereocenters. The first-order valence-electron chi connectivity index (χ1n) is 9.13. The minimum Gasteiger partial charge on any atom is -0.488 e. The summed E-state index contributed by atoms with van der Waals surface area (Å²) in [5.41, 5.74) is 7.43. The van der Waals surface area contributed by atoms with Crippen LogP contribution in [-0.4, -0.2) is 34.8 Å². The van der Waals surface area contributed by atoms with E-state index in [0.29, 0.717) is 0 Å². The molecule has 0 fully saturated rings. The van der Waals surface area contributed by atoms with Gasteiger partial charge in [0.2, 0.25) is 0 Å². The second-order valence-corrected chi connectivity index (χ2v) is 7.32. The fraction of sp³-hybridized carbons (Fsp3) is 0.318. The zero-order valence-corrected chi connectivity index (χ0v) is 15.6. The molecule has 1 aliphatic heterocycles. The molecule has 2 heterocycles. The van der Waals surface area contributed by atoms with Gasteiger partial charge in [0.15, 0.2) is 0 Å². The van der Waals surface area contributed by atoms with E-state index in [1.165, 1.54) is 27.8 Å². The number of para-hydroxylation sites is 1. The van der Waals surface area contributed by atoms with Crippen LogP contribution in [0.2, 0.25) is 0 Å². The van der Waals surface area contributed by atoms with Crippen molar-refractivity contribution >= 4 is 0 Å². The van der Waals surface area contributed by atoms with Gasteiger partial charge in [-0.25, -0.2) is 0 Å². The van der Waals surface area contributed by atoms with Gasteiger partial charge in [0, 0.05) is 30.6 Å². The van der Waals surface area contributed by atoms with Crippen molar-refractivity contribution in [3.8, 4) is 17.0 Å². The van der Waals surface area contributed by atoms with Gasteiger partial charge in [-0.15, -0.1) is 0 Å². The molecular formula is C22H25N3O. The van der Waals surface area contributed by atoms with Gasteiger partial charge in [-0.05, 0) is 49.7 Å². The van der Waals surface area contributed by atoms with E-state index in [1.54, 1.807) is 0 Å². The van der Waals surface area contributed by atoms with Crippen molar-refractivity contribution in [1.82, 2.24) is 15.1 Å². The van der Waals surface area contributed by atoms with Crippen LogP contribution >= 0.6 is 0 Å². The molecule has 134 valence electrons. The molecule has 0 spiro atoms. The molecule has 0 bridgehead atoms. The number of nitrogens with one attached hydrogen (secondary N) is 1. The smallest absolute Gasteiger partial charge is 0.123 e. The Balaban J connectivity index is 1.44. The Morgan fingerprint density at radius 2 is 2.00 bits per heavy atom. The molecule has 1 N–H and O–H groups in total. The Hall–Kier alpha value is -2.59. The molecule has 0 saturated heterocycles. The Kier molecular flexibility index (Phi) is 4.51. The molecule has 1 aromatic heterocycles. The Morgan fingerprint density at radius 1 is 1.15 bits per heavy atom. The van der Waals surface area contributed by atoms with E-state index >= 15 is 0 Å². The number of benzene rings is 2. The highest BCUT2D eigenvalue weighted by Crippen LogP contribution is 2.29. The minimum atomic E-state index is 0.217. The molecular weight excluding hydrogens is 322 g/mol. The topological polar surface area (TPSA) is 41.2 Å². The van der Waals surface area contributed by atoms with Crippen molar-refractivity contribution in [3.05, 3.63) is 70.9 Å². The molecule has 0 saturated carbocycles. The van der Waals surface area contributed by atoms with Crippen LogP contribution in [0, 0.1) is 13.8 Å².